The van der Waals surface area contributed by atoms with E-state index < -0.39 is 0 Å². The first-order valence-corrected chi connectivity index (χ1v) is 7.69. The van der Waals surface area contributed by atoms with Gasteiger partial charge in [0.2, 0.25) is 5.91 Å². The van der Waals surface area contributed by atoms with Gasteiger partial charge in [-0.25, -0.2) is 4.98 Å². The smallest absolute Gasteiger partial charge is 0.222 e. The first kappa shape index (κ1) is 14.8. The van der Waals surface area contributed by atoms with Crippen molar-refractivity contribution in [3.63, 3.8) is 0 Å². The van der Waals surface area contributed by atoms with Crippen LogP contribution in [0.1, 0.15) is 45.1 Å². The van der Waals surface area contributed by atoms with Crippen LogP contribution in [0.3, 0.4) is 0 Å². The number of nitrogens with zero attached hydrogens (tertiary/aromatic N) is 2. The fraction of sp³-hybridized carbons (Fsp3) is 0.625. The number of pyridine rings is 1. The van der Waals surface area contributed by atoms with E-state index in [-0.39, 0.29) is 5.91 Å². The van der Waals surface area contributed by atoms with Crippen LogP contribution in [0.2, 0.25) is 0 Å². The Hall–Kier alpha value is -1.58. The van der Waals surface area contributed by atoms with Crippen LogP contribution in [0.4, 0.5) is 5.82 Å². The summed E-state index contributed by atoms with van der Waals surface area (Å²) in [6.45, 7) is 6.71. The molecule has 0 aliphatic carbocycles. The van der Waals surface area contributed by atoms with E-state index in [0.29, 0.717) is 18.9 Å². The fourth-order valence-electron chi connectivity index (χ4n) is 2.69. The molecule has 0 saturated carbocycles. The molecule has 1 atom stereocenters. The van der Waals surface area contributed by atoms with Crippen LogP contribution in [0.25, 0.3) is 0 Å². The van der Waals surface area contributed by atoms with Crippen molar-refractivity contribution in [3.05, 3.63) is 23.9 Å². The molecule has 4 nitrogen and oxygen atoms in total. The third kappa shape index (κ3) is 3.95. The summed E-state index contributed by atoms with van der Waals surface area (Å²) >= 11 is 0. The molecule has 1 unspecified atom stereocenters. The summed E-state index contributed by atoms with van der Waals surface area (Å²) in [5.41, 5.74) is 1.11. The van der Waals surface area contributed by atoms with Crippen LogP contribution in [-0.4, -0.2) is 28.9 Å². The minimum atomic E-state index is 0.289. The molecule has 2 heterocycles. The molecular weight excluding hydrogens is 250 g/mol. The van der Waals surface area contributed by atoms with Gasteiger partial charge < -0.3 is 10.2 Å². The average molecular weight is 275 g/mol. The van der Waals surface area contributed by atoms with E-state index in [1.807, 2.05) is 17.2 Å². The highest BCUT2D eigenvalue weighted by molar-refractivity contribution is 5.76. The molecule has 110 valence electrons. The Kier molecular flexibility index (Phi) is 5.39. The zero-order valence-electron chi connectivity index (χ0n) is 12.6. The van der Waals surface area contributed by atoms with Crippen molar-refractivity contribution < 1.29 is 4.79 Å². The van der Waals surface area contributed by atoms with Gasteiger partial charge in [0.1, 0.15) is 5.82 Å². The molecule has 1 aliphatic heterocycles. The SMILES string of the molecule is CCNc1ccc(CN2CCC(CC)CCC2=O)cn1. The number of rotatable bonds is 5. The molecule has 1 aromatic heterocycles. The molecule has 0 bridgehead atoms. The zero-order chi connectivity index (χ0) is 14.4. The van der Waals surface area contributed by atoms with E-state index >= 15 is 0 Å². The number of hydrogen-bond acceptors (Lipinski definition) is 3. The van der Waals surface area contributed by atoms with Gasteiger partial charge in [-0.3, -0.25) is 4.79 Å². The van der Waals surface area contributed by atoms with Crippen molar-refractivity contribution >= 4 is 11.7 Å². The third-order valence-electron chi connectivity index (χ3n) is 4.06. The van der Waals surface area contributed by atoms with Crippen LogP contribution in [0, 0.1) is 5.92 Å². The quantitative estimate of drug-likeness (QED) is 0.898. The summed E-state index contributed by atoms with van der Waals surface area (Å²) < 4.78 is 0. The molecule has 1 aliphatic rings. The Morgan fingerprint density at radius 2 is 2.20 bits per heavy atom. The Morgan fingerprint density at radius 3 is 2.85 bits per heavy atom. The van der Waals surface area contributed by atoms with E-state index in [4.69, 9.17) is 0 Å². The van der Waals surface area contributed by atoms with Gasteiger partial charge in [0.05, 0.1) is 0 Å². The standard InChI is InChI=1S/C16H25N3O/c1-3-13-6-8-16(20)19(10-9-13)12-14-5-7-15(17-4-2)18-11-14/h5,7,11,13H,3-4,6,8-10,12H2,1-2H3,(H,17,18). The molecule has 1 fully saturated rings. The molecule has 1 amide bonds. The Labute approximate surface area is 121 Å². The van der Waals surface area contributed by atoms with Gasteiger partial charge in [0, 0.05) is 32.3 Å². The largest absolute Gasteiger partial charge is 0.370 e. The van der Waals surface area contributed by atoms with E-state index in [1.165, 1.54) is 6.42 Å². The number of nitrogens with one attached hydrogen (secondary N) is 1. The number of carbonyl (C=O) groups is 1. The van der Waals surface area contributed by atoms with E-state index in [9.17, 15) is 4.79 Å². The maximum absolute atomic E-state index is 12.1. The topological polar surface area (TPSA) is 45.2 Å². The highest BCUT2D eigenvalue weighted by Gasteiger charge is 2.21. The lowest BCUT2D eigenvalue weighted by Crippen LogP contribution is -2.29. The van der Waals surface area contributed by atoms with Gasteiger partial charge >= 0.3 is 0 Å². The third-order valence-corrected chi connectivity index (χ3v) is 4.06. The number of hydrogen-bond donors (Lipinski definition) is 1. The summed E-state index contributed by atoms with van der Waals surface area (Å²) in [7, 11) is 0. The predicted molar refractivity (Wildman–Crippen MR) is 81.4 cm³/mol. The number of carbonyl (C=O) groups excluding carboxylic acids is 1. The van der Waals surface area contributed by atoms with Crippen molar-refractivity contribution in [2.24, 2.45) is 5.92 Å². The second kappa shape index (κ2) is 7.27. The van der Waals surface area contributed by atoms with Crippen LogP contribution in [0.15, 0.2) is 18.3 Å². The van der Waals surface area contributed by atoms with Crippen molar-refractivity contribution in [2.75, 3.05) is 18.4 Å². The predicted octanol–water partition coefficient (Wildman–Crippen LogP) is 3.05. The molecule has 20 heavy (non-hydrogen) atoms. The monoisotopic (exact) mass is 275 g/mol. The minimum absolute atomic E-state index is 0.289. The first-order chi connectivity index (χ1) is 9.72. The number of amides is 1. The summed E-state index contributed by atoms with van der Waals surface area (Å²) in [5, 5.41) is 3.18. The molecule has 4 heteroatoms. The summed E-state index contributed by atoms with van der Waals surface area (Å²) in [6, 6.07) is 4.04. The second-order valence-corrected chi connectivity index (χ2v) is 5.50. The number of aromatic nitrogens is 1. The molecule has 2 rings (SSSR count). The number of anilines is 1. The molecule has 1 saturated heterocycles. The summed E-state index contributed by atoms with van der Waals surface area (Å²) in [4.78, 5) is 18.5. The normalized spacial score (nSPS) is 19.8. The van der Waals surface area contributed by atoms with Gasteiger partial charge in [-0.1, -0.05) is 19.4 Å². The molecule has 1 N–H and O–H groups in total. The Bertz CT molecular complexity index is 430. The minimum Gasteiger partial charge on any atom is -0.370 e. The molecular formula is C16H25N3O. The van der Waals surface area contributed by atoms with E-state index in [1.54, 1.807) is 0 Å². The van der Waals surface area contributed by atoms with Crippen LogP contribution < -0.4 is 5.32 Å². The molecule has 0 spiro atoms. The number of likely N-dealkylation sites (tertiary alicyclic amines) is 1. The van der Waals surface area contributed by atoms with Crippen molar-refractivity contribution in [2.45, 2.75) is 46.1 Å². The van der Waals surface area contributed by atoms with Gasteiger partial charge in [-0.2, -0.15) is 0 Å². The average Bonchev–Trinajstić information content (AvgIpc) is 2.64. The van der Waals surface area contributed by atoms with E-state index in [2.05, 4.69) is 30.2 Å². The van der Waals surface area contributed by atoms with Crippen LogP contribution in [0.5, 0.6) is 0 Å². The van der Waals surface area contributed by atoms with Gasteiger partial charge in [-0.05, 0) is 37.3 Å². The molecule has 0 aromatic carbocycles. The van der Waals surface area contributed by atoms with Crippen LogP contribution in [-0.2, 0) is 11.3 Å². The maximum atomic E-state index is 12.1. The van der Waals surface area contributed by atoms with Gasteiger partial charge in [0.15, 0.2) is 0 Å². The lowest BCUT2D eigenvalue weighted by molar-refractivity contribution is -0.131. The van der Waals surface area contributed by atoms with E-state index in [0.717, 1.165) is 37.3 Å². The van der Waals surface area contributed by atoms with Crippen LogP contribution >= 0.6 is 0 Å². The van der Waals surface area contributed by atoms with Crippen molar-refractivity contribution in [1.29, 1.82) is 0 Å². The van der Waals surface area contributed by atoms with Crippen molar-refractivity contribution in [3.8, 4) is 0 Å². The second-order valence-electron chi connectivity index (χ2n) is 5.50. The lowest BCUT2D eigenvalue weighted by Gasteiger charge is -2.20. The van der Waals surface area contributed by atoms with Crippen molar-refractivity contribution in [1.82, 2.24) is 9.88 Å². The lowest BCUT2D eigenvalue weighted by atomic mass is 9.98. The molecule has 1 aromatic rings. The zero-order valence-corrected chi connectivity index (χ0v) is 12.6. The summed E-state index contributed by atoms with van der Waals surface area (Å²) in [5.74, 6) is 1.89. The highest BCUT2D eigenvalue weighted by atomic mass is 16.2. The Balaban J connectivity index is 1.95. The van der Waals surface area contributed by atoms with Gasteiger partial charge in [-0.15, -0.1) is 0 Å². The fourth-order valence-corrected chi connectivity index (χ4v) is 2.69. The highest BCUT2D eigenvalue weighted by Crippen LogP contribution is 2.22. The first-order valence-electron chi connectivity index (χ1n) is 7.69. The molecule has 0 radical (unpaired) electrons. The Morgan fingerprint density at radius 1 is 1.35 bits per heavy atom. The summed E-state index contributed by atoms with van der Waals surface area (Å²) in [6.07, 6.45) is 5.92. The van der Waals surface area contributed by atoms with Gasteiger partial charge in [0.25, 0.3) is 0 Å². The maximum Gasteiger partial charge on any atom is 0.222 e.